The van der Waals surface area contributed by atoms with Crippen molar-refractivity contribution in [3.05, 3.63) is 47.9 Å². The summed E-state index contributed by atoms with van der Waals surface area (Å²) in [6.45, 7) is 4.68. The maximum Gasteiger partial charge on any atom is 0.179 e. The number of benzene rings is 1. The molecular formula is C20H29N3O2. The number of nitrogens with one attached hydrogen (secondary N) is 1. The summed E-state index contributed by atoms with van der Waals surface area (Å²) < 4.78 is 5.89. The zero-order valence-corrected chi connectivity index (χ0v) is 15.2. The van der Waals surface area contributed by atoms with E-state index >= 15 is 0 Å². The molecule has 25 heavy (non-hydrogen) atoms. The minimum absolute atomic E-state index is 0.0130. The van der Waals surface area contributed by atoms with Crippen molar-refractivity contribution in [1.29, 1.82) is 0 Å². The van der Waals surface area contributed by atoms with Crippen LogP contribution >= 0.6 is 0 Å². The summed E-state index contributed by atoms with van der Waals surface area (Å²) in [4.78, 5) is 8.68. The number of aliphatic hydroxyl groups excluding tert-OH is 1. The second kappa shape index (κ2) is 10.7. The Morgan fingerprint density at radius 2 is 2.00 bits per heavy atom. The molecule has 0 saturated heterocycles. The maximum absolute atomic E-state index is 9.57. The van der Waals surface area contributed by atoms with Crippen LogP contribution in [0.15, 0.2) is 36.5 Å². The van der Waals surface area contributed by atoms with Gasteiger partial charge in [-0.15, -0.1) is 0 Å². The zero-order chi connectivity index (χ0) is 17.9. The van der Waals surface area contributed by atoms with Gasteiger partial charge in [-0.05, 0) is 31.7 Å². The number of aromatic nitrogens is 2. The maximum atomic E-state index is 9.57. The molecule has 1 atom stereocenters. The van der Waals surface area contributed by atoms with E-state index in [4.69, 9.17) is 4.74 Å². The SMILES string of the molecule is CCCC[C@@H](CO)Nc1nc(C)ncc1OCCCc1ccccc1. The fourth-order valence-electron chi connectivity index (χ4n) is 2.62. The van der Waals surface area contributed by atoms with Gasteiger partial charge in [-0.25, -0.2) is 9.97 Å². The molecule has 136 valence electrons. The first-order chi connectivity index (χ1) is 12.2. The number of aryl methyl sites for hydroxylation is 2. The van der Waals surface area contributed by atoms with Gasteiger partial charge < -0.3 is 15.2 Å². The second-order valence-electron chi connectivity index (χ2n) is 6.23. The smallest absolute Gasteiger partial charge is 0.179 e. The van der Waals surface area contributed by atoms with Crippen LogP contribution in [0.25, 0.3) is 0 Å². The van der Waals surface area contributed by atoms with Crippen LogP contribution in [0.3, 0.4) is 0 Å². The average molecular weight is 343 g/mol. The summed E-state index contributed by atoms with van der Waals surface area (Å²) in [7, 11) is 0. The van der Waals surface area contributed by atoms with Gasteiger partial charge >= 0.3 is 0 Å². The molecule has 0 aliphatic heterocycles. The molecule has 2 aromatic rings. The molecule has 1 aromatic carbocycles. The largest absolute Gasteiger partial charge is 0.488 e. The molecule has 0 aliphatic rings. The van der Waals surface area contributed by atoms with Crippen LogP contribution < -0.4 is 10.1 Å². The molecule has 0 amide bonds. The monoisotopic (exact) mass is 343 g/mol. The average Bonchev–Trinajstić information content (AvgIpc) is 2.64. The fourth-order valence-corrected chi connectivity index (χ4v) is 2.62. The van der Waals surface area contributed by atoms with Crippen molar-refractivity contribution in [2.24, 2.45) is 0 Å². The number of nitrogens with zero attached hydrogens (tertiary/aromatic N) is 2. The van der Waals surface area contributed by atoms with Gasteiger partial charge in [0.25, 0.3) is 0 Å². The quantitative estimate of drug-likeness (QED) is 0.608. The van der Waals surface area contributed by atoms with Crippen LogP contribution in [0.5, 0.6) is 5.75 Å². The molecule has 1 aromatic heterocycles. The normalized spacial score (nSPS) is 12.0. The Labute approximate surface area is 150 Å². The predicted octanol–water partition coefficient (Wildman–Crippen LogP) is 3.76. The standard InChI is InChI=1S/C20H29N3O2/c1-3-4-12-18(15-24)23-20-19(14-21-16(2)22-20)25-13-8-11-17-9-6-5-7-10-17/h5-7,9-10,14,18,24H,3-4,8,11-13,15H2,1-2H3,(H,21,22,23)/t18-/m0/s1. The predicted molar refractivity (Wildman–Crippen MR) is 101 cm³/mol. The van der Waals surface area contributed by atoms with Gasteiger partial charge in [0.1, 0.15) is 5.82 Å². The zero-order valence-electron chi connectivity index (χ0n) is 15.2. The first-order valence-corrected chi connectivity index (χ1v) is 9.10. The molecule has 1 heterocycles. The highest BCUT2D eigenvalue weighted by Gasteiger charge is 2.13. The molecule has 2 N–H and O–H groups in total. The lowest BCUT2D eigenvalue weighted by Crippen LogP contribution is -2.25. The van der Waals surface area contributed by atoms with Gasteiger partial charge in [-0.1, -0.05) is 50.1 Å². The van der Waals surface area contributed by atoms with Gasteiger partial charge in [-0.3, -0.25) is 0 Å². The minimum Gasteiger partial charge on any atom is -0.488 e. The summed E-state index contributed by atoms with van der Waals surface area (Å²) in [5.74, 6) is 2.00. The third-order valence-electron chi connectivity index (χ3n) is 4.05. The van der Waals surface area contributed by atoms with E-state index in [0.29, 0.717) is 24.0 Å². The molecule has 5 heteroatoms. The first kappa shape index (κ1) is 19.2. The number of hydrogen-bond donors (Lipinski definition) is 2. The number of unbranched alkanes of at least 4 members (excludes halogenated alkanes) is 1. The van der Waals surface area contributed by atoms with Crippen molar-refractivity contribution in [3.63, 3.8) is 0 Å². The van der Waals surface area contributed by atoms with E-state index in [1.165, 1.54) is 5.56 Å². The summed E-state index contributed by atoms with van der Waals surface area (Å²) in [5, 5.41) is 12.9. The van der Waals surface area contributed by atoms with E-state index in [2.05, 4.69) is 46.5 Å². The molecular weight excluding hydrogens is 314 g/mol. The van der Waals surface area contributed by atoms with E-state index in [1.807, 2.05) is 13.0 Å². The molecule has 0 aliphatic carbocycles. The summed E-state index contributed by atoms with van der Waals surface area (Å²) >= 11 is 0. The highest BCUT2D eigenvalue weighted by Crippen LogP contribution is 2.23. The molecule has 0 unspecified atom stereocenters. The van der Waals surface area contributed by atoms with Crippen LogP contribution in [0.2, 0.25) is 0 Å². The Hall–Kier alpha value is -2.14. The Balaban J connectivity index is 1.90. The highest BCUT2D eigenvalue weighted by molar-refractivity contribution is 5.49. The number of aliphatic hydroxyl groups is 1. The minimum atomic E-state index is -0.0130. The van der Waals surface area contributed by atoms with Crippen LogP contribution in [-0.2, 0) is 6.42 Å². The van der Waals surface area contributed by atoms with E-state index in [1.54, 1.807) is 6.20 Å². The Morgan fingerprint density at radius 1 is 1.20 bits per heavy atom. The molecule has 5 nitrogen and oxygen atoms in total. The number of ether oxygens (including phenoxy) is 1. The van der Waals surface area contributed by atoms with Crippen molar-refractivity contribution < 1.29 is 9.84 Å². The van der Waals surface area contributed by atoms with Gasteiger partial charge in [0.05, 0.1) is 25.5 Å². The van der Waals surface area contributed by atoms with E-state index < -0.39 is 0 Å². The van der Waals surface area contributed by atoms with E-state index in [0.717, 1.165) is 32.1 Å². The molecule has 0 bridgehead atoms. The third-order valence-corrected chi connectivity index (χ3v) is 4.05. The van der Waals surface area contributed by atoms with Gasteiger partial charge in [0.2, 0.25) is 0 Å². The Morgan fingerprint density at radius 3 is 2.72 bits per heavy atom. The van der Waals surface area contributed by atoms with Gasteiger partial charge in [0.15, 0.2) is 11.6 Å². The van der Waals surface area contributed by atoms with Crippen LogP contribution in [0.4, 0.5) is 5.82 Å². The van der Waals surface area contributed by atoms with E-state index in [-0.39, 0.29) is 12.6 Å². The second-order valence-corrected chi connectivity index (χ2v) is 6.23. The Kier molecular flexibility index (Phi) is 8.19. The van der Waals surface area contributed by atoms with Gasteiger partial charge in [0, 0.05) is 0 Å². The molecule has 0 spiro atoms. The number of anilines is 1. The van der Waals surface area contributed by atoms with Crippen molar-refractivity contribution in [3.8, 4) is 5.75 Å². The topological polar surface area (TPSA) is 67.3 Å². The van der Waals surface area contributed by atoms with E-state index in [9.17, 15) is 5.11 Å². The molecule has 0 saturated carbocycles. The van der Waals surface area contributed by atoms with Gasteiger partial charge in [-0.2, -0.15) is 0 Å². The summed E-state index contributed by atoms with van der Waals surface area (Å²) in [6, 6.07) is 10.4. The highest BCUT2D eigenvalue weighted by atomic mass is 16.5. The van der Waals surface area contributed by atoms with Crippen LogP contribution in [-0.4, -0.2) is 34.3 Å². The van der Waals surface area contributed by atoms with Crippen LogP contribution in [0.1, 0.15) is 44.0 Å². The Bertz CT molecular complexity index is 620. The van der Waals surface area contributed by atoms with Crippen molar-refractivity contribution in [2.75, 3.05) is 18.5 Å². The third kappa shape index (κ3) is 6.70. The summed E-state index contributed by atoms with van der Waals surface area (Å²) in [5.41, 5.74) is 1.31. The lowest BCUT2D eigenvalue weighted by molar-refractivity contribution is 0.265. The summed E-state index contributed by atoms with van der Waals surface area (Å²) in [6.07, 6.45) is 6.69. The number of rotatable bonds is 11. The van der Waals surface area contributed by atoms with Crippen LogP contribution in [0, 0.1) is 6.92 Å². The lowest BCUT2D eigenvalue weighted by Gasteiger charge is -2.19. The first-order valence-electron chi connectivity index (χ1n) is 9.10. The molecule has 2 rings (SSSR count). The van der Waals surface area contributed by atoms with Crippen molar-refractivity contribution >= 4 is 5.82 Å². The lowest BCUT2D eigenvalue weighted by atomic mass is 10.1. The molecule has 0 radical (unpaired) electrons. The van der Waals surface area contributed by atoms with Crippen molar-refractivity contribution in [1.82, 2.24) is 9.97 Å². The van der Waals surface area contributed by atoms with Crippen molar-refractivity contribution in [2.45, 2.75) is 52.0 Å². The molecule has 0 fully saturated rings. The number of hydrogen-bond acceptors (Lipinski definition) is 5. The fraction of sp³-hybridized carbons (Fsp3) is 0.500.